The average Bonchev–Trinajstić information content (AvgIpc) is 3.15. The number of fused-ring (bicyclic) bond motifs is 3. The van der Waals surface area contributed by atoms with Gasteiger partial charge in [-0.1, -0.05) is 28.1 Å². The molecule has 0 fully saturated rings. The van der Waals surface area contributed by atoms with Crippen LogP contribution in [-0.2, 0) is 20.2 Å². The molecule has 11 heteroatoms. The van der Waals surface area contributed by atoms with Crippen LogP contribution in [0.3, 0.4) is 0 Å². The van der Waals surface area contributed by atoms with Crippen LogP contribution in [0.15, 0.2) is 46.9 Å². The number of hydrogen-bond acceptors (Lipinski definition) is 7. The van der Waals surface area contributed by atoms with E-state index in [4.69, 9.17) is 25.4 Å². The van der Waals surface area contributed by atoms with E-state index < -0.39 is 7.60 Å². The second-order valence-electron chi connectivity index (χ2n) is 8.08. The molecule has 0 saturated heterocycles. The number of halogens is 2. The summed E-state index contributed by atoms with van der Waals surface area (Å²) < 4.78 is 32.1. The largest absolute Gasteiger partial charge is 0.497 e. The van der Waals surface area contributed by atoms with Crippen LogP contribution < -0.4 is 10.1 Å². The lowest BCUT2D eigenvalue weighted by Crippen LogP contribution is -2.10. The third-order valence-electron chi connectivity index (χ3n) is 5.68. The molecule has 0 aliphatic rings. The van der Waals surface area contributed by atoms with Crippen LogP contribution in [0.25, 0.3) is 21.9 Å². The van der Waals surface area contributed by atoms with Gasteiger partial charge in [-0.3, -0.25) is 4.57 Å². The number of nitrogens with one attached hydrogen (secondary N) is 1. The minimum Gasteiger partial charge on any atom is -0.497 e. The van der Waals surface area contributed by atoms with Crippen molar-refractivity contribution in [3.8, 4) is 5.75 Å². The van der Waals surface area contributed by atoms with Crippen molar-refractivity contribution in [2.45, 2.75) is 26.8 Å². The number of aromatic nitrogens is 3. The Kier molecular flexibility index (Phi) is 8.91. The van der Waals surface area contributed by atoms with Gasteiger partial charge < -0.3 is 23.7 Å². The van der Waals surface area contributed by atoms with Gasteiger partial charge in [-0.15, -0.1) is 0 Å². The number of methoxy groups -OCH3 is 1. The number of anilines is 1. The standard InChI is InChI=1S/C25H29BrClN4O4P/c1-4-34-36(32,35-5-2)14-6-13-28-24-23-22(29-25(27)30-24)20-15-18(26)9-12-21(20)31(23)16-17-7-10-19(33-3)11-8-17/h7-12,15H,4-6,13-14,16H2,1-3H3,(H,28,29,30). The zero-order valence-corrected chi connectivity index (χ0v) is 23.7. The van der Waals surface area contributed by atoms with Gasteiger partial charge in [0.2, 0.25) is 5.28 Å². The Labute approximate surface area is 224 Å². The smallest absolute Gasteiger partial charge is 0.330 e. The average molecular weight is 596 g/mol. The monoisotopic (exact) mass is 594 g/mol. The Hall–Kier alpha value is -2.16. The predicted octanol–water partition coefficient (Wildman–Crippen LogP) is 7.13. The van der Waals surface area contributed by atoms with Crippen molar-refractivity contribution >= 4 is 62.9 Å². The zero-order valence-electron chi connectivity index (χ0n) is 20.5. The van der Waals surface area contributed by atoms with Gasteiger partial charge in [-0.05, 0) is 67.8 Å². The first-order valence-corrected chi connectivity index (χ1v) is 14.7. The highest BCUT2D eigenvalue weighted by Crippen LogP contribution is 2.48. The van der Waals surface area contributed by atoms with Gasteiger partial charge >= 0.3 is 7.60 Å². The summed E-state index contributed by atoms with van der Waals surface area (Å²) in [7, 11) is -1.46. The molecule has 2 aromatic carbocycles. The second-order valence-corrected chi connectivity index (χ2v) is 11.5. The molecule has 192 valence electrons. The Balaban J connectivity index is 1.69. The summed E-state index contributed by atoms with van der Waals surface area (Å²) in [4.78, 5) is 9.09. The highest BCUT2D eigenvalue weighted by molar-refractivity contribution is 9.10. The molecule has 2 aromatic heterocycles. The first-order valence-electron chi connectivity index (χ1n) is 11.8. The molecule has 4 rings (SSSR count). The highest BCUT2D eigenvalue weighted by Gasteiger charge is 2.23. The van der Waals surface area contributed by atoms with Crippen molar-refractivity contribution in [2.24, 2.45) is 0 Å². The predicted molar refractivity (Wildman–Crippen MR) is 149 cm³/mol. The molecule has 8 nitrogen and oxygen atoms in total. The molecule has 0 aliphatic carbocycles. The summed E-state index contributed by atoms with van der Waals surface area (Å²) in [5.74, 6) is 1.42. The lowest BCUT2D eigenvalue weighted by molar-refractivity contribution is 0.220. The molecule has 0 saturated carbocycles. The fourth-order valence-corrected chi connectivity index (χ4v) is 6.36. The Morgan fingerprint density at radius 3 is 2.47 bits per heavy atom. The summed E-state index contributed by atoms with van der Waals surface area (Å²) in [6.45, 7) is 5.42. The van der Waals surface area contributed by atoms with Gasteiger partial charge in [0.05, 0.1) is 32.0 Å². The van der Waals surface area contributed by atoms with E-state index in [1.165, 1.54) is 0 Å². The van der Waals surface area contributed by atoms with E-state index in [1.54, 1.807) is 7.11 Å². The van der Waals surface area contributed by atoms with Gasteiger partial charge in [0.15, 0.2) is 5.82 Å². The molecule has 0 spiro atoms. The Morgan fingerprint density at radius 2 is 1.81 bits per heavy atom. The number of nitrogens with zero attached hydrogens (tertiary/aromatic N) is 3. The van der Waals surface area contributed by atoms with Crippen molar-refractivity contribution in [3.05, 3.63) is 57.8 Å². The third kappa shape index (κ3) is 6.03. The maximum atomic E-state index is 12.8. The Bertz CT molecular complexity index is 1390. The molecule has 0 bridgehead atoms. The van der Waals surface area contributed by atoms with Crippen molar-refractivity contribution in [1.82, 2.24) is 14.5 Å². The van der Waals surface area contributed by atoms with Gasteiger partial charge in [-0.25, -0.2) is 4.98 Å². The fraction of sp³-hybridized carbons (Fsp3) is 0.360. The van der Waals surface area contributed by atoms with E-state index in [0.717, 1.165) is 37.7 Å². The summed E-state index contributed by atoms with van der Waals surface area (Å²) in [5.41, 5.74) is 3.73. The molecule has 0 unspecified atom stereocenters. The summed E-state index contributed by atoms with van der Waals surface area (Å²) in [5, 5.41) is 4.51. The fourth-order valence-electron chi connectivity index (χ4n) is 4.17. The van der Waals surface area contributed by atoms with Gasteiger partial charge in [0, 0.05) is 22.9 Å². The number of benzene rings is 2. The van der Waals surface area contributed by atoms with E-state index in [0.29, 0.717) is 44.7 Å². The van der Waals surface area contributed by atoms with Crippen LogP contribution in [-0.4, -0.2) is 47.6 Å². The van der Waals surface area contributed by atoms with Crippen LogP contribution >= 0.6 is 35.1 Å². The molecule has 1 N–H and O–H groups in total. The number of ether oxygens (including phenoxy) is 1. The van der Waals surface area contributed by atoms with Crippen molar-refractivity contribution < 1.29 is 18.3 Å². The topological polar surface area (TPSA) is 87.5 Å². The quantitative estimate of drug-likeness (QED) is 0.106. The molecule has 0 aliphatic heterocycles. The normalized spacial score (nSPS) is 11.9. The zero-order chi connectivity index (χ0) is 25.7. The van der Waals surface area contributed by atoms with E-state index in [2.05, 4.69) is 41.8 Å². The van der Waals surface area contributed by atoms with Crippen LogP contribution in [0.2, 0.25) is 5.28 Å². The van der Waals surface area contributed by atoms with Crippen LogP contribution in [0, 0.1) is 0 Å². The minimum atomic E-state index is -3.11. The summed E-state index contributed by atoms with van der Waals surface area (Å²) >= 11 is 9.93. The molecule has 2 heterocycles. The Morgan fingerprint density at radius 1 is 1.08 bits per heavy atom. The van der Waals surface area contributed by atoms with E-state index in [9.17, 15) is 4.57 Å². The number of rotatable bonds is 12. The molecule has 36 heavy (non-hydrogen) atoms. The summed E-state index contributed by atoms with van der Waals surface area (Å²) in [6.07, 6.45) is 0.885. The van der Waals surface area contributed by atoms with Gasteiger partial charge in [0.1, 0.15) is 16.8 Å². The number of hydrogen-bond donors (Lipinski definition) is 1. The van der Waals surface area contributed by atoms with Crippen LogP contribution in [0.5, 0.6) is 5.75 Å². The highest BCUT2D eigenvalue weighted by atomic mass is 79.9. The minimum absolute atomic E-state index is 0.155. The first-order chi connectivity index (χ1) is 17.4. The lowest BCUT2D eigenvalue weighted by Gasteiger charge is -2.17. The first kappa shape index (κ1) is 26.9. The van der Waals surface area contributed by atoms with Crippen molar-refractivity contribution in [3.63, 3.8) is 0 Å². The van der Waals surface area contributed by atoms with Crippen molar-refractivity contribution in [1.29, 1.82) is 0 Å². The maximum Gasteiger partial charge on any atom is 0.330 e. The van der Waals surface area contributed by atoms with Crippen LogP contribution in [0.1, 0.15) is 25.8 Å². The molecular formula is C25H29BrClN4O4P. The molecular weight excluding hydrogens is 567 g/mol. The van der Waals surface area contributed by atoms with Crippen molar-refractivity contribution in [2.75, 3.05) is 38.3 Å². The lowest BCUT2D eigenvalue weighted by atomic mass is 10.2. The molecule has 4 aromatic rings. The van der Waals surface area contributed by atoms with E-state index >= 15 is 0 Å². The van der Waals surface area contributed by atoms with E-state index in [-0.39, 0.29) is 5.28 Å². The van der Waals surface area contributed by atoms with E-state index in [1.807, 2.05) is 50.2 Å². The second kappa shape index (κ2) is 11.9. The van der Waals surface area contributed by atoms with Gasteiger partial charge in [0.25, 0.3) is 0 Å². The SMILES string of the molecule is CCOP(=O)(CCCNc1nc(Cl)nc2c3cc(Br)ccc3n(Cc3ccc(OC)cc3)c12)OCC. The van der Waals surface area contributed by atoms with Gasteiger partial charge in [-0.2, -0.15) is 4.98 Å². The molecule has 0 amide bonds. The summed E-state index contributed by atoms with van der Waals surface area (Å²) in [6, 6.07) is 14.1. The molecule has 0 atom stereocenters. The third-order valence-corrected chi connectivity index (χ3v) is 8.51. The maximum absolute atomic E-state index is 12.8. The molecule has 0 radical (unpaired) electrons. The van der Waals surface area contributed by atoms with Crippen LogP contribution in [0.4, 0.5) is 5.82 Å².